The summed E-state index contributed by atoms with van der Waals surface area (Å²) in [5.41, 5.74) is 1.87. The van der Waals surface area contributed by atoms with Crippen molar-refractivity contribution in [1.82, 2.24) is 9.80 Å². The van der Waals surface area contributed by atoms with Crippen molar-refractivity contribution in [2.45, 2.75) is 30.3 Å². The van der Waals surface area contributed by atoms with Gasteiger partial charge in [0.1, 0.15) is 5.75 Å². The summed E-state index contributed by atoms with van der Waals surface area (Å²) < 4.78 is 5.20. The molecule has 1 fully saturated rings. The normalized spacial score (nSPS) is 13.2. The van der Waals surface area contributed by atoms with Crippen molar-refractivity contribution in [3.8, 4) is 5.75 Å². The van der Waals surface area contributed by atoms with Crippen LogP contribution in [0.1, 0.15) is 18.4 Å². The Morgan fingerprint density at radius 3 is 2.43 bits per heavy atom. The largest absolute Gasteiger partial charge is 0.497 e. The molecule has 0 atom stereocenters. The van der Waals surface area contributed by atoms with Gasteiger partial charge in [0, 0.05) is 17.5 Å². The molecule has 0 aromatic heterocycles. The highest BCUT2D eigenvalue weighted by Gasteiger charge is 2.32. The van der Waals surface area contributed by atoms with E-state index in [1.807, 2.05) is 59.7 Å². The topological polar surface area (TPSA) is 61.9 Å². The van der Waals surface area contributed by atoms with Crippen molar-refractivity contribution in [2.24, 2.45) is 0 Å². The molecule has 7 heteroatoms. The van der Waals surface area contributed by atoms with E-state index >= 15 is 0 Å². The van der Waals surface area contributed by atoms with Gasteiger partial charge in [-0.2, -0.15) is 0 Å². The van der Waals surface area contributed by atoms with Gasteiger partial charge in [0.2, 0.25) is 11.8 Å². The van der Waals surface area contributed by atoms with Gasteiger partial charge in [-0.1, -0.05) is 24.3 Å². The molecular formula is C23H29N3O3S. The first kappa shape index (κ1) is 22.2. The number of thioether (sulfide) groups is 1. The zero-order valence-electron chi connectivity index (χ0n) is 17.8. The third-order valence-corrected chi connectivity index (χ3v) is 5.82. The van der Waals surface area contributed by atoms with Gasteiger partial charge in [-0.15, -0.1) is 11.8 Å². The summed E-state index contributed by atoms with van der Waals surface area (Å²) in [6, 6.07) is 15.8. The number of rotatable bonds is 10. The lowest BCUT2D eigenvalue weighted by Crippen LogP contribution is -2.42. The number of anilines is 1. The minimum Gasteiger partial charge on any atom is -0.497 e. The summed E-state index contributed by atoms with van der Waals surface area (Å²) in [5, 5.41) is 2.94. The van der Waals surface area contributed by atoms with Crippen LogP contribution in [0.5, 0.6) is 5.75 Å². The number of carbonyl (C=O) groups is 2. The van der Waals surface area contributed by atoms with E-state index in [0.717, 1.165) is 34.7 Å². The van der Waals surface area contributed by atoms with Crippen molar-refractivity contribution in [3.63, 3.8) is 0 Å². The molecule has 3 rings (SSSR count). The molecule has 2 aromatic rings. The number of ether oxygens (including phenoxy) is 1. The molecule has 2 amide bonds. The van der Waals surface area contributed by atoms with Crippen LogP contribution in [0.15, 0.2) is 53.4 Å². The number of amides is 2. The molecule has 0 spiro atoms. The Kier molecular flexibility index (Phi) is 7.76. The van der Waals surface area contributed by atoms with Crippen LogP contribution in [0.25, 0.3) is 0 Å². The molecule has 0 radical (unpaired) electrons. The summed E-state index contributed by atoms with van der Waals surface area (Å²) in [5.74, 6) is 0.727. The second-order valence-electron chi connectivity index (χ2n) is 7.52. The lowest BCUT2D eigenvalue weighted by molar-refractivity contribution is -0.133. The van der Waals surface area contributed by atoms with Crippen LogP contribution in [-0.2, 0) is 16.1 Å². The Bertz CT molecular complexity index is 868. The second-order valence-corrected chi connectivity index (χ2v) is 8.37. The summed E-state index contributed by atoms with van der Waals surface area (Å²) in [6.07, 6.45) is 4.06. The molecule has 2 aromatic carbocycles. The van der Waals surface area contributed by atoms with E-state index in [2.05, 4.69) is 5.32 Å². The van der Waals surface area contributed by atoms with Gasteiger partial charge in [-0.3, -0.25) is 14.5 Å². The smallest absolute Gasteiger partial charge is 0.238 e. The maximum absolute atomic E-state index is 12.9. The van der Waals surface area contributed by atoms with Crippen LogP contribution >= 0.6 is 11.8 Å². The monoisotopic (exact) mass is 427 g/mol. The first-order valence-corrected chi connectivity index (χ1v) is 11.3. The van der Waals surface area contributed by atoms with Crippen LogP contribution in [0, 0.1) is 0 Å². The van der Waals surface area contributed by atoms with Crippen molar-refractivity contribution in [3.05, 3.63) is 54.1 Å². The van der Waals surface area contributed by atoms with Gasteiger partial charge in [-0.25, -0.2) is 0 Å². The lowest BCUT2D eigenvalue weighted by Gasteiger charge is -2.25. The molecule has 30 heavy (non-hydrogen) atoms. The molecule has 1 N–H and O–H groups in total. The van der Waals surface area contributed by atoms with Gasteiger partial charge in [0.15, 0.2) is 0 Å². The third-order valence-electron chi connectivity index (χ3n) is 5.02. The quantitative estimate of drug-likeness (QED) is 0.588. The zero-order valence-corrected chi connectivity index (χ0v) is 18.6. The Labute approximate surface area is 182 Å². The fraction of sp³-hybridized carbons (Fsp3) is 0.391. The number of hydrogen-bond donors (Lipinski definition) is 1. The fourth-order valence-electron chi connectivity index (χ4n) is 3.30. The Hall–Kier alpha value is -2.51. The number of nitrogens with one attached hydrogen (secondary N) is 1. The SMILES string of the molecule is COc1ccc(CN(C(=O)CN(C)CC(=O)Nc2ccccc2SC)C2CC2)cc1. The van der Waals surface area contributed by atoms with E-state index < -0.39 is 0 Å². The Balaban J connectivity index is 1.54. The van der Waals surface area contributed by atoms with E-state index in [1.54, 1.807) is 30.8 Å². The molecule has 6 nitrogen and oxygen atoms in total. The van der Waals surface area contributed by atoms with Gasteiger partial charge in [-0.05, 0) is 56.0 Å². The number of methoxy groups -OCH3 is 1. The van der Waals surface area contributed by atoms with E-state index in [4.69, 9.17) is 4.74 Å². The van der Waals surface area contributed by atoms with Crippen molar-refractivity contribution < 1.29 is 14.3 Å². The van der Waals surface area contributed by atoms with Gasteiger partial charge >= 0.3 is 0 Å². The van der Waals surface area contributed by atoms with E-state index in [1.165, 1.54) is 0 Å². The summed E-state index contributed by atoms with van der Waals surface area (Å²) in [6.45, 7) is 0.953. The molecular weight excluding hydrogens is 398 g/mol. The number of nitrogens with zero attached hydrogens (tertiary/aromatic N) is 2. The lowest BCUT2D eigenvalue weighted by atomic mass is 10.2. The van der Waals surface area contributed by atoms with Gasteiger partial charge in [0.25, 0.3) is 0 Å². The Morgan fingerprint density at radius 1 is 1.10 bits per heavy atom. The van der Waals surface area contributed by atoms with Gasteiger partial charge < -0.3 is 15.0 Å². The summed E-state index contributed by atoms with van der Waals surface area (Å²) in [7, 11) is 3.44. The standard InChI is InChI=1S/C23H29N3O3S/c1-25(15-22(27)24-20-6-4-5-7-21(20)30-3)16-23(28)26(18-10-11-18)14-17-8-12-19(29-2)13-9-17/h4-9,12-13,18H,10-11,14-16H2,1-3H3,(H,24,27). The molecule has 0 bridgehead atoms. The van der Waals surface area contributed by atoms with Crippen LogP contribution in [0.3, 0.4) is 0 Å². The molecule has 0 heterocycles. The minimum absolute atomic E-state index is 0.0492. The van der Waals surface area contributed by atoms with E-state index in [-0.39, 0.29) is 24.9 Å². The van der Waals surface area contributed by atoms with Crippen LogP contribution in [0.4, 0.5) is 5.69 Å². The molecule has 160 valence electrons. The van der Waals surface area contributed by atoms with Crippen LogP contribution in [0.2, 0.25) is 0 Å². The highest BCUT2D eigenvalue weighted by Crippen LogP contribution is 2.29. The van der Waals surface area contributed by atoms with E-state index in [0.29, 0.717) is 12.6 Å². The minimum atomic E-state index is -0.125. The van der Waals surface area contributed by atoms with Crippen LogP contribution in [-0.4, -0.2) is 61.2 Å². The summed E-state index contributed by atoms with van der Waals surface area (Å²) >= 11 is 1.59. The van der Waals surface area contributed by atoms with Gasteiger partial charge in [0.05, 0.1) is 25.9 Å². The molecule has 0 unspecified atom stereocenters. The van der Waals surface area contributed by atoms with Crippen LogP contribution < -0.4 is 10.1 Å². The highest BCUT2D eigenvalue weighted by molar-refractivity contribution is 7.98. The zero-order chi connectivity index (χ0) is 21.5. The maximum Gasteiger partial charge on any atom is 0.238 e. The molecule has 0 saturated heterocycles. The maximum atomic E-state index is 12.9. The second kappa shape index (κ2) is 10.5. The number of para-hydroxylation sites is 1. The van der Waals surface area contributed by atoms with Crippen molar-refractivity contribution in [2.75, 3.05) is 38.8 Å². The first-order valence-electron chi connectivity index (χ1n) is 10.0. The average molecular weight is 428 g/mol. The molecule has 1 aliphatic rings. The van der Waals surface area contributed by atoms with Crippen molar-refractivity contribution >= 4 is 29.3 Å². The molecule has 1 saturated carbocycles. The van der Waals surface area contributed by atoms with Crippen molar-refractivity contribution in [1.29, 1.82) is 0 Å². The number of likely N-dealkylation sites (N-methyl/N-ethyl adjacent to an activating group) is 1. The molecule has 1 aliphatic carbocycles. The highest BCUT2D eigenvalue weighted by atomic mass is 32.2. The fourth-order valence-corrected chi connectivity index (χ4v) is 3.85. The summed E-state index contributed by atoms with van der Waals surface area (Å²) in [4.78, 5) is 30.1. The first-order chi connectivity index (χ1) is 14.5. The predicted molar refractivity (Wildman–Crippen MR) is 121 cm³/mol. The number of hydrogen-bond acceptors (Lipinski definition) is 5. The predicted octanol–water partition coefficient (Wildman–Crippen LogP) is 3.48. The van der Waals surface area contributed by atoms with E-state index in [9.17, 15) is 9.59 Å². The molecule has 0 aliphatic heterocycles. The number of carbonyl (C=O) groups excluding carboxylic acids is 2. The Morgan fingerprint density at radius 2 is 1.80 bits per heavy atom. The average Bonchev–Trinajstić information content (AvgIpc) is 3.57. The third kappa shape index (κ3) is 6.24. The number of benzene rings is 2.